The Morgan fingerprint density at radius 2 is 1.08 bits per heavy atom. The van der Waals surface area contributed by atoms with Gasteiger partial charge in [0.2, 0.25) is 0 Å². The van der Waals surface area contributed by atoms with Crippen molar-refractivity contribution in [3.05, 3.63) is 193 Å². The molecule has 234 valence electrons. The SMILES string of the molecule is [2H]c1c([2H])c([2H])c(-c2ccccc2Cc2c3ccccc3c(-c3ccc4oc5cc6ccc(-c7ccccc7)cc6cc5c4c3)c3ccccc23)c([2H])c1[2H]. The van der Waals surface area contributed by atoms with Gasteiger partial charge >= 0.3 is 0 Å². The van der Waals surface area contributed by atoms with Crippen LogP contribution < -0.4 is 0 Å². The topological polar surface area (TPSA) is 13.1 Å². The Kier molecular flexibility index (Phi) is 5.53. The minimum absolute atomic E-state index is 0.199. The van der Waals surface area contributed by atoms with Crippen LogP contribution in [0.2, 0.25) is 0 Å². The summed E-state index contributed by atoms with van der Waals surface area (Å²) in [6, 6.07) is 51.1. The van der Waals surface area contributed by atoms with Crippen molar-refractivity contribution in [2.75, 3.05) is 0 Å². The van der Waals surface area contributed by atoms with Gasteiger partial charge in [0.25, 0.3) is 0 Å². The summed E-state index contributed by atoms with van der Waals surface area (Å²) in [5.41, 5.74) is 9.14. The van der Waals surface area contributed by atoms with Crippen LogP contribution in [0.1, 0.15) is 18.0 Å². The van der Waals surface area contributed by atoms with Gasteiger partial charge in [-0.3, -0.25) is 0 Å². The van der Waals surface area contributed by atoms with Gasteiger partial charge in [0.15, 0.2) is 0 Å². The predicted molar refractivity (Wildman–Crippen MR) is 212 cm³/mol. The molecule has 0 amide bonds. The molecule has 0 fully saturated rings. The van der Waals surface area contributed by atoms with E-state index in [0.29, 0.717) is 12.0 Å². The van der Waals surface area contributed by atoms with Crippen molar-refractivity contribution in [1.29, 1.82) is 0 Å². The molecule has 0 bridgehead atoms. The highest BCUT2D eigenvalue weighted by molar-refractivity contribution is 6.17. The molecule has 1 heterocycles. The zero-order valence-corrected chi connectivity index (χ0v) is 27.0. The second kappa shape index (κ2) is 11.6. The minimum Gasteiger partial charge on any atom is -0.456 e. The van der Waals surface area contributed by atoms with E-state index in [0.717, 1.165) is 76.5 Å². The highest BCUT2D eigenvalue weighted by atomic mass is 16.3. The molecule has 9 aromatic carbocycles. The molecule has 0 saturated carbocycles. The summed E-state index contributed by atoms with van der Waals surface area (Å²) in [4.78, 5) is 0. The Morgan fingerprint density at radius 1 is 0.420 bits per heavy atom. The summed E-state index contributed by atoms with van der Waals surface area (Å²) >= 11 is 0. The van der Waals surface area contributed by atoms with E-state index in [1.165, 1.54) is 11.1 Å². The zero-order valence-electron chi connectivity index (χ0n) is 32.0. The second-order valence-corrected chi connectivity index (χ2v) is 12.9. The summed E-state index contributed by atoms with van der Waals surface area (Å²) in [5, 5.41) is 8.85. The lowest BCUT2D eigenvalue weighted by atomic mass is 9.85. The molecular weight excluding hydrogens is 605 g/mol. The van der Waals surface area contributed by atoms with Gasteiger partial charge in [0.05, 0.1) is 6.85 Å². The summed E-state index contributed by atoms with van der Waals surface area (Å²) in [6.07, 6.45) is 0.503. The van der Waals surface area contributed by atoms with Crippen molar-refractivity contribution >= 4 is 54.3 Å². The highest BCUT2D eigenvalue weighted by Crippen LogP contribution is 2.43. The molecule has 10 aromatic rings. The first-order valence-electron chi connectivity index (χ1n) is 19.4. The van der Waals surface area contributed by atoms with Crippen LogP contribution in [0.4, 0.5) is 0 Å². The van der Waals surface area contributed by atoms with Gasteiger partial charge in [-0.05, 0) is 114 Å². The summed E-state index contributed by atoms with van der Waals surface area (Å²) in [6.45, 7) is 0. The van der Waals surface area contributed by atoms with Gasteiger partial charge in [0, 0.05) is 10.8 Å². The Hall–Kier alpha value is -6.44. The van der Waals surface area contributed by atoms with E-state index in [9.17, 15) is 0 Å². The monoisotopic (exact) mass is 641 g/mol. The summed E-state index contributed by atoms with van der Waals surface area (Å²) in [5.74, 6) is 0. The lowest BCUT2D eigenvalue weighted by Crippen LogP contribution is -1.97. The van der Waals surface area contributed by atoms with Gasteiger partial charge < -0.3 is 4.42 Å². The van der Waals surface area contributed by atoms with Crippen LogP contribution in [-0.2, 0) is 6.42 Å². The first-order chi connectivity index (χ1) is 26.9. The van der Waals surface area contributed by atoms with Crippen molar-refractivity contribution in [1.82, 2.24) is 0 Å². The first kappa shape index (κ1) is 23.8. The summed E-state index contributed by atoms with van der Waals surface area (Å²) in [7, 11) is 0. The maximum Gasteiger partial charge on any atom is 0.136 e. The molecule has 1 aromatic heterocycles. The van der Waals surface area contributed by atoms with Gasteiger partial charge in [-0.15, -0.1) is 0 Å². The first-order valence-corrected chi connectivity index (χ1v) is 16.9. The molecule has 1 heteroatoms. The minimum atomic E-state index is -0.393. The molecule has 0 aliphatic rings. The van der Waals surface area contributed by atoms with Gasteiger partial charge in [-0.25, -0.2) is 0 Å². The van der Waals surface area contributed by atoms with Crippen LogP contribution in [0.5, 0.6) is 0 Å². The van der Waals surface area contributed by atoms with E-state index in [2.05, 4.69) is 121 Å². The molecular formula is C49H32O. The molecule has 0 N–H and O–H groups in total. The lowest BCUT2D eigenvalue weighted by molar-refractivity contribution is 0.669. The van der Waals surface area contributed by atoms with Gasteiger partial charge in [-0.1, -0.05) is 152 Å². The third-order valence-electron chi connectivity index (χ3n) is 10.0. The molecule has 0 radical (unpaired) electrons. The van der Waals surface area contributed by atoms with E-state index < -0.39 is 6.04 Å². The normalized spacial score (nSPS) is 13.1. The standard InChI is InChI=1S/C49H32O/c1-3-13-32(14-4-1)34-23-24-35-31-48-46(30-38(35)27-34)45-29-37(25-26-47(45)50-48)49-42-21-11-9-19-40(42)44(41-20-10-12-22-43(41)49)28-36-17-7-8-18-39(36)33-15-5-2-6-16-33/h1-27,29-31H,28H2/i2D,5D,6D,15D,16D. The quantitative estimate of drug-likeness (QED) is 0.170. The fourth-order valence-corrected chi connectivity index (χ4v) is 7.70. The lowest BCUT2D eigenvalue weighted by Gasteiger charge is -2.18. The van der Waals surface area contributed by atoms with Crippen molar-refractivity contribution in [2.24, 2.45) is 0 Å². The smallest absolute Gasteiger partial charge is 0.136 e. The van der Waals surface area contributed by atoms with Crippen molar-refractivity contribution < 1.29 is 11.3 Å². The van der Waals surface area contributed by atoms with Crippen LogP contribution >= 0.6 is 0 Å². The number of furan rings is 1. The van der Waals surface area contributed by atoms with E-state index in [4.69, 9.17) is 11.3 Å². The molecule has 0 unspecified atom stereocenters. The van der Waals surface area contributed by atoms with Gasteiger partial charge in [-0.2, -0.15) is 0 Å². The maximum atomic E-state index is 8.74. The Balaban J connectivity index is 1.16. The average Bonchev–Trinajstić information content (AvgIpc) is 3.58. The van der Waals surface area contributed by atoms with Gasteiger partial charge in [0.1, 0.15) is 11.2 Å². The van der Waals surface area contributed by atoms with Crippen molar-refractivity contribution in [3.8, 4) is 33.4 Å². The van der Waals surface area contributed by atoms with Crippen LogP contribution in [0.3, 0.4) is 0 Å². The summed E-state index contributed by atoms with van der Waals surface area (Å²) < 4.78 is 48.8. The molecule has 10 rings (SSSR count). The molecule has 0 saturated heterocycles. The highest BCUT2D eigenvalue weighted by Gasteiger charge is 2.18. The fourth-order valence-electron chi connectivity index (χ4n) is 7.70. The number of fused-ring (bicyclic) bond motifs is 6. The van der Waals surface area contributed by atoms with Crippen molar-refractivity contribution in [3.63, 3.8) is 0 Å². The van der Waals surface area contributed by atoms with Crippen LogP contribution in [-0.4, -0.2) is 0 Å². The van der Waals surface area contributed by atoms with Crippen LogP contribution in [0.15, 0.2) is 186 Å². The second-order valence-electron chi connectivity index (χ2n) is 12.9. The predicted octanol–water partition coefficient (Wildman–Crippen LogP) is 13.6. The van der Waals surface area contributed by atoms with Crippen LogP contribution in [0.25, 0.3) is 87.6 Å². The molecule has 50 heavy (non-hydrogen) atoms. The largest absolute Gasteiger partial charge is 0.456 e. The molecule has 1 nitrogen and oxygen atoms in total. The average molecular weight is 642 g/mol. The zero-order chi connectivity index (χ0) is 37.4. The Bertz CT molecular complexity index is 3100. The number of rotatable bonds is 5. The fraction of sp³-hybridized carbons (Fsp3) is 0.0204. The van der Waals surface area contributed by atoms with Crippen LogP contribution in [0, 0.1) is 0 Å². The number of hydrogen-bond acceptors (Lipinski definition) is 1. The molecule has 0 aliphatic heterocycles. The Labute approximate surface area is 297 Å². The van der Waals surface area contributed by atoms with E-state index in [-0.39, 0.29) is 29.7 Å². The van der Waals surface area contributed by atoms with Crippen molar-refractivity contribution in [2.45, 2.75) is 6.42 Å². The van der Waals surface area contributed by atoms with E-state index in [1.807, 2.05) is 30.3 Å². The third-order valence-corrected chi connectivity index (χ3v) is 10.0. The molecule has 0 spiro atoms. The third kappa shape index (κ3) is 4.70. The van der Waals surface area contributed by atoms with E-state index in [1.54, 1.807) is 0 Å². The number of benzene rings is 9. The molecule has 0 aliphatic carbocycles. The van der Waals surface area contributed by atoms with E-state index >= 15 is 0 Å². The number of hydrogen-bond donors (Lipinski definition) is 0. The Morgan fingerprint density at radius 3 is 1.86 bits per heavy atom. The maximum absolute atomic E-state index is 8.74. The molecule has 0 atom stereocenters.